The zero-order chi connectivity index (χ0) is 12.5. The number of anilines is 2. The minimum atomic E-state index is 1.02. The van der Waals surface area contributed by atoms with E-state index in [-0.39, 0.29) is 0 Å². The molecule has 3 rings (SSSR count). The number of aryl methyl sites for hydroxylation is 2. The summed E-state index contributed by atoms with van der Waals surface area (Å²) in [6, 6.07) is 10.8. The molecule has 1 aliphatic heterocycles. The summed E-state index contributed by atoms with van der Waals surface area (Å²) in [5.74, 6) is 1.03. The van der Waals surface area contributed by atoms with Crippen LogP contribution in [0.3, 0.4) is 0 Å². The van der Waals surface area contributed by atoms with E-state index in [9.17, 15) is 0 Å². The van der Waals surface area contributed by atoms with Gasteiger partial charge in [0.25, 0.3) is 0 Å². The van der Waals surface area contributed by atoms with E-state index in [2.05, 4.69) is 57.0 Å². The first-order chi connectivity index (χ1) is 8.74. The SMILES string of the molecule is Cc1ccc2c(c1)CCCN2c1ccc(Br)cn1. The molecule has 2 aromatic rings. The molecule has 3 heteroatoms. The summed E-state index contributed by atoms with van der Waals surface area (Å²) < 4.78 is 1.02. The minimum Gasteiger partial charge on any atom is -0.326 e. The van der Waals surface area contributed by atoms with Gasteiger partial charge in [-0.3, -0.25) is 0 Å². The Balaban J connectivity index is 2.03. The molecule has 0 atom stereocenters. The molecule has 0 N–H and O–H groups in total. The van der Waals surface area contributed by atoms with Gasteiger partial charge < -0.3 is 4.90 Å². The monoisotopic (exact) mass is 302 g/mol. The number of aromatic nitrogens is 1. The molecule has 0 unspecified atom stereocenters. The molecule has 0 amide bonds. The predicted molar refractivity (Wildman–Crippen MR) is 78.4 cm³/mol. The van der Waals surface area contributed by atoms with Crippen LogP contribution in [-0.4, -0.2) is 11.5 Å². The molecular formula is C15H15BrN2. The van der Waals surface area contributed by atoms with Crippen LogP contribution in [0.5, 0.6) is 0 Å². The van der Waals surface area contributed by atoms with Crippen LogP contribution in [0.25, 0.3) is 0 Å². The van der Waals surface area contributed by atoms with Crippen molar-refractivity contribution in [3.8, 4) is 0 Å². The van der Waals surface area contributed by atoms with Crippen molar-refractivity contribution < 1.29 is 0 Å². The van der Waals surface area contributed by atoms with Gasteiger partial charge in [0.1, 0.15) is 5.82 Å². The Kier molecular flexibility index (Phi) is 3.08. The van der Waals surface area contributed by atoms with Crippen molar-refractivity contribution in [3.63, 3.8) is 0 Å². The standard InChI is InChI=1S/C15H15BrN2/c1-11-4-6-14-12(9-11)3-2-8-18(14)15-7-5-13(16)10-17-15/h4-7,9-10H,2-3,8H2,1H3. The van der Waals surface area contributed by atoms with Gasteiger partial charge in [-0.05, 0) is 59.5 Å². The molecule has 1 aliphatic rings. The molecule has 0 saturated heterocycles. The van der Waals surface area contributed by atoms with E-state index in [1.165, 1.54) is 29.7 Å². The molecule has 2 nitrogen and oxygen atoms in total. The van der Waals surface area contributed by atoms with E-state index >= 15 is 0 Å². The van der Waals surface area contributed by atoms with Gasteiger partial charge in [-0.15, -0.1) is 0 Å². The van der Waals surface area contributed by atoms with Gasteiger partial charge in [0, 0.05) is 22.9 Å². The summed E-state index contributed by atoms with van der Waals surface area (Å²) in [5.41, 5.74) is 4.08. The van der Waals surface area contributed by atoms with Gasteiger partial charge in [-0.1, -0.05) is 17.7 Å². The van der Waals surface area contributed by atoms with Gasteiger partial charge in [-0.2, -0.15) is 0 Å². The van der Waals surface area contributed by atoms with Crippen LogP contribution >= 0.6 is 15.9 Å². The Hall–Kier alpha value is -1.35. The summed E-state index contributed by atoms with van der Waals surface area (Å²) in [7, 11) is 0. The second-order valence-electron chi connectivity index (χ2n) is 4.72. The molecule has 1 aromatic heterocycles. The Morgan fingerprint density at radius 3 is 2.89 bits per heavy atom. The fourth-order valence-electron chi connectivity index (χ4n) is 2.49. The molecule has 18 heavy (non-hydrogen) atoms. The van der Waals surface area contributed by atoms with Crippen LogP contribution < -0.4 is 4.90 Å². The Labute approximate surface area is 116 Å². The predicted octanol–water partition coefficient (Wildman–Crippen LogP) is 4.24. The third kappa shape index (κ3) is 2.15. The lowest BCUT2D eigenvalue weighted by molar-refractivity contribution is 0.759. The number of rotatable bonds is 1. The van der Waals surface area contributed by atoms with Crippen molar-refractivity contribution in [2.75, 3.05) is 11.4 Å². The lowest BCUT2D eigenvalue weighted by atomic mass is 9.99. The van der Waals surface area contributed by atoms with Crippen LogP contribution in [-0.2, 0) is 6.42 Å². The first-order valence-corrected chi connectivity index (χ1v) is 7.02. The molecule has 0 saturated carbocycles. The average molecular weight is 303 g/mol. The summed E-state index contributed by atoms with van der Waals surface area (Å²) in [6.07, 6.45) is 4.22. The molecule has 0 spiro atoms. The number of fused-ring (bicyclic) bond motifs is 1. The fraction of sp³-hybridized carbons (Fsp3) is 0.267. The Morgan fingerprint density at radius 1 is 1.22 bits per heavy atom. The summed E-state index contributed by atoms with van der Waals surface area (Å²) >= 11 is 3.43. The molecule has 0 bridgehead atoms. The maximum absolute atomic E-state index is 4.50. The van der Waals surface area contributed by atoms with E-state index in [1.54, 1.807) is 0 Å². The van der Waals surface area contributed by atoms with Gasteiger partial charge in [-0.25, -0.2) is 4.98 Å². The normalized spacial score (nSPS) is 14.4. The molecular weight excluding hydrogens is 288 g/mol. The van der Waals surface area contributed by atoms with Crippen molar-refractivity contribution in [2.45, 2.75) is 19.8 Å². The van der Waals surface area contributed by atoms with E-state index in [1.807, 2.05) is 12.3 Å². The summed E-state index contributed by atoms with van der Waals surface area (Å²) in [6.45, 7) is 3.20. The highest BCUT2D eigenvalue weighted by molar-refractivity contribution is 9.10. The Morgan fingerprint density at radius 2 is 2.11 bits per heavy atom. The zero-order valence-electron chi connectivity index (χ0n) is 10.4. The van der Waals surface area contributed by atoms with Gasteiger partial charge in [0.05, 0.1) is 0 Å². The van der Waals surface area contributed by atoms with Crippen LogP contribution in [0.15, 0.2) is 41.0 Å². The number of hydrogen-bond acceptors (Lipinski definition) is 2. The molecule has 1 aromatic carbocycles. The largest absolute Gasteiger partial charge is 0.326 e. The molecule has 2 heterocycles. The van der Waals surface area contributed by atoms with Crippen LogP contribution in [0.2, 0.25) is 0 Å². The number of nitrogens with zero attached hydrogens (tertiary/aromatic N) is 2. The third-order valence-corrected chi connectivity index (χ3v) is 3.81. The van der Waals surface area contributed by atoms with Gasteiger partial charge >= 0.3 is 0 Å². The summed E-state index contributed by atoms with van der Waals surface area (Å²) in [5, 5.41) is 0. The highest BCUT2D eigenvalue weighted by Gasteiger charge is 2.18. The number of benzene rings is 1. The van der Waals surface area contributed by atoms with E-state index in [0.29, 0.717) is 0 Å². The van der Waals surface area contributed by atoms with Crippen molar-refractivity contribution >= 4 is 27.4 Å². The van der Waals surface area contributed by atoms with E-state index in [4.69, 9.17) is 0 Å². The second kappa shape index (κ2) is 4.73. The van der Waals surface area contributed by atoms with Gasteiger partial charge in [0.2, 0.25) is 0 Å². The van der Waals surface area contributed by atoms with Crippen molar-refractivity contribution in [1.82, 2.24) is 4.98 Å². The number of pyridine rings is 1. The molecule has 0 radical (unpaired) electrons. The quantitative estimate of drug-likeness (QED) is 0.783. The highest BCUT2D eigenvalue weighted by Crippen LogP contribution is 2.33. The topological polar surface area (TPSA) is 16.1 Å². The lowest BCUT2D eigenvalue weighted by Crippen LogP contribution is -2.25. The van der Waals surface area contributed by atoms with Crippen LogP contribution in [0.1, 0.15) is 17.5 Å². The third-order valence-electron chi connectivity index (χ3n) is 3.34. The first kappa shape index (κ1) is 11.7. The Bertz CT molecular complexity index is 563. The van der Waals surface area contributed by atoms with Crippen molar-refractivity contribution in [1.29, 1.82) is 0 Å². The van der Waals surface area contributed by atoms with Crippen molar-refractivity contribution in [3.05, 3.63) is 52.1 Å². The second-order valence-corrected chi connectivity index (χ2v) is 5.64. The fourth-order valence-corrected chi connectivity index (χ4v) is 2.73. The van der Waals surface area contributed by atoms with E-state index < -0.39 is 0 Å². The van der Waals surface area contributed by atoms with Crippen LogP contribution in [0, 0.1) is 6.92 Å². The lowest BCUT2D eigenvalue weighted by Gasteiger charge is -2.30. The minimum absolute atomic E-state index is 1.02. The maximum atomic E-state index is 4.50. The number of halogens is 1. The number of hydrogen-bond donors (Lipinski definition) is 0. The highest BCUT2D eigenvalue weighted by atomic mass is 79.9. The van der Waals surface area contributed by atoms with Crippen LogP contribution in [0.4, 0.5) is 11.5 Å². The van der Waals surface area contributed by atoms with Crippen molar-refractivity contribution in [2.24, 2.45) is 0 Å². The summed E-state index contributed by atoms with van der Waals surface area (Å²) in [4.78, 5) is 6.81. The maximum Gasteiger partial charge on any atom is 0.132 e. The molecule has 0 fully saturated rings. The van der Waals surface area contributed by atoms with Gasteiger partial charge in [0.15, 0.2) is 0 Å². The van der Waals surface area contributed by atoms with E-state index in [0.717, 1.165) is 16.8 Å². The average Bonchev–Trinajstić information content (AvgIpc) is 2.38. The first-order valence-electron chi connectivity index (χ1n) is 6.23. The molecule has 0 aliphatic carbocycles. The molecule has 92 valence electrons. The zero-order valence-corrected chi connectivity index (χ0v) is 11.9. The smallest absolute Gasteiger partial charge is 0.132 e.